The molecule has 2 aliphatic rings. The van der Waals surface area contributed by atoms with Gasteiger partial charge in [0.05, 0.1) is 0 Å². The highest BCUT2D eigenvalue weighted by Crippen LogP contribution is 2.44. The van der Waals surface area contributed by atoms with Crippen molar-refractivity contribution in [3.05, 3.63) is 22.6 Å². The Morgan fingerprint density at radius 2 is 1.96 bits per heavy atom. The van der Waals surface area contributed by atoms with E-state index >= 15 is 0 Å². The summed E-state index contributed by atoms with van der Waals surface area (Å²) in [5, 5.41) is 0.0756. The molecule has 1 aromatic heterocycles. The number of ether oxygens (including phenoxy) is 3. The topological polar surface area (TPSA) is 71.8 Å². The summed E-state index contributed by atoms with van der Waals surface area (Å²) in [6, 6.07) is 1.66. The van der Waals surface area contributed by atoms with Crippen LogP contribution in [0.25, 0.3) is 0 Å². The molecule has 3 heterocycles. The molecule has 1 unspecified atom stereocenters. The molecule has 0 amide bonds. The minimum absolute atomic E-state index is 0.0756. The molecule has 25 heavy (non-hydrogen) atoms. The molecular weight excluding hydrogens is 340 g/mol. The van der Waals surface area contributed by atoms with Crippen LogP contribution in [0.15, 0.2) is 17.1 Å². The van der Waals surface area contributed by atoms with Gasteiger partial charge in [0, 0.05) is 19.4 Å². The lowest BCUT2D eigenvalue weighted by Gasteiger charge is -2.41. The molecule has 7 nitrogen and oxygen atoms in total. The molecule has 8 heteroatoms. The molecule has 5 atom stereocenters. The normalized spacial score (nSPS) is 32.0. The van der Waals surface area contributed by atoms with E-state index < -0.39 is 14.5 Å². The van der Waals surface area contributed by atoms with Crippen molar-refractivity contribution in [1.82, 2.24) is 9.55 Å². The highest BCUT2D eigenvalue weighted by molar-refractivity contribution is 6.74. The van der Waals surface area contributed by atoms with E-state index in [1.165, 1.54) is 6.07 Å². The Morgan fingerprint density at radius 1 is 1.28 bits per heavy atom. The molecule has 0 saturated carbocycles. The minimum atomic E-state index is -2.02. The van der Waals surface area contributed by atoms with E-state index in [0.717, 1.165) is 0 Å². The maximum atomic E-state index is 11.6. The van der Waals surface area contributed by atoms with Crippen molar-refractivity contribution in [3.63, 3.8) is 0 Å². The summed E-state index contributed by atoms with van der Waals surface area (Å²) in [7, 11) is -0.364. The summed E-state index contributed by atoms with van der Waals surface area (Å²) in [4.78, 5) is 15.6. The largest absolute Gasteiger partial charge is 0.459 e. The molecule has 0 spiro atoms. The number of fused-ring (bicyclic) bond motifs is 4. The van der Waals surface area contributed by atoms with Gasteiger partial charge in [-0.05, 0) is 25.1 Å². The van der Waals surface area contributed by atoms with Crippen molar-refractivity contribution in [2.75, 3.05) is 7.11 Å². The molecule has 1 aromatic rings. The molecule has 2 aliphatic heterocycles. The Bertz CT molecular complexity index is 699. The highest BCUT2D eigenvalue weighted by atomic mass is 28.4. The van der Waals surface area contributed by atoms with Gasteiger partial charge in [0.15, 0.2) is 14.5 Å². The van der Waals surface area contributed by atoms with Crippen molar-refractivity contribution < 1.29 is 18.6 Å². The molecule has 0 aromatic carbocycles. The van der Waals surface area contributed by atoms with Gasteiger partial charge in [-0.25, -0.2) is 0 Å². The van der Waals surface area contributed by atoms with Crippen LogP contribution in [0, 0.1) is 0 Å². The maximum absolute atomic E-state index is 11.6. The lowest BCUT2D eigenvalue weighted by molar-refractivity contribution is -0.0532. The van der Waals surface area contributed by atoms with Gasteiger partial charge in [-0.3, -0.25) is 9.36 Å². The molecule has 0 N–H and O–H groups in total. The van der Waals surface area contributed by atoms with Crippen LogP contribution in [0.4, 0.5) is 0 Å². The standard InChI is InChI=1S/C17H28N2O5Si/c1-10-12-13(24-25(6,7)17(2,3)4)14(21-5)15(23-12)19-9-8-11(20)18-16(19)22-10/h8-10,12-15H,1-7H3/t10-,12-,13?,14+,15-/m1/s1. The monoisotopic (exact) mass is 368 g/mol. The maximum Gasteiger partial charge on any atom is 0.302 e. The smallest absolute Gasteiger partial charge is 0.302 e. The average Bonchev–Trinajstić information content (AvgIpc) is 2.76. The minimum Gasteiger partial charge on any atom is -0.459 e. The van der Waals surface area contributed by atoms with Gasteiger partial charge >= 0.3 is 6.01 Å². The van der Waals surface area contributed by atoms with Crippen molar-refractivity contribution in [1.29, 1.82) is 0 Å². The summed E-state index contributed by atoms with van der Waals surface area (Å²) in [5.74, 6) is 0. The summed E-state index contributed by atoms with van der Waals surface area (Å²) in [6.45, 7) is 13.0. The van der Waals surface area contributed by atoms with Crippen LogP contribution in [0.3, 0.4) is 0 Å². The van der Waals surface area contributed by atoms with Crippen LogP contribution in [-0.2, 0) is 13.9 Å². The second-order valence-electron chi connectivity index (χ2n) is 8.31. The second-order valence-corrected chi connectivity index (χ2v) is 13.1. The summed E-state index contributed by atoms with van der Waals surface area (Å²) >= 11 is 0. The number of hydrogen-bond donors (Lipinski definition) is 0. The van der Waals surface area contributed by atoms with E-state index in [2.05, 4.69) is 38.8 Å². The summed E-state index contributed by atoms with van der Waals surface area (Å²) in [5.41, 5.74) is -0.334. The van der Waals surface area contributed by atoms with Gasteiger partial charge in [0.1, 0.15) is 24.4 Å². The van der Waals surface area contributed by atoms with Crippen LogP contribution in [0.1, 0.15) is 33.9 Å². The summed E-state index contributed by atoms with van der Waals surface area (Å²) in [6.07, 6.45) is 0.0803. The quantitative estimate of drug-likeness (QED) is 0.763. The van der Waals surface area contributed by atoms with Crippen molar-refractivity contribution >= 4 is 8.32 Å². The second kappa shape index (κ2) is 6.19. The van der Waals surface area contributed by atoms with E-state index in [-0.39, 0.29) is 41.0 Å². The first-order valence-corrected chi connectivity index (χ1v) is 11.6. The third-order valence-electron chi connectivity index (χ3n) is 5.57. The Morgan fingerprint density at radius 3 is 2.56 bits per heavy atom. The molecule has 1 fully saturated rings. The van der Waals surface area contributed by atoms with Crippen LogP contribution in [0.2, 0.25) is 18.1 Å². The predicted octanol–water partition coefficient (Wildman–Crippen LogP) is 2.33. The van der Waals surface area contributed by atoms with Crippen LogP contribution in [-0.4, -0.2) is 49.4 Å². The third kappa shape index (κ3) is 3.16. The van der Waals surface area contributed by atoms with Crippen molar-refractivity contribution in [2.45, 2.75) is 76.5 Å². The number of methoxy groups -OCH3 is 1. The fourth-order valence-electron chi connectivity index (χ4n) is 3.08. The van der Waals surface area contributed by atoms with Crippen LogP contribution in [0.5, 0.6) is 6.01 Å². The SMILES string of the molecule is CO[C@H]1C(O[Si](C)(C)C(C)(C)C)[C@@H]2O[C@H]1n1ccc(=O)nc1O[C@@H]2C. The Kier molecular flexibility index (Phi) is 4.60. The predicted molar refractivity (Wildman–Crippen MR) is 95.4 cm³/mol. The lowest BCUT2D eigenvalue weighted by Crippen LogP contribution is -2.52. The Labute approximate surface area is 149 Å². The zero-order chi connectivity index (χ0) is 18.6. The Hall–Kier alpha value is -1.22. The molecule has 1 saturated heterocycles. The molecule has 0 aliphatic carbocycles. The van der Waals surface area contributed by atoms with Gasteiger partial charge in [-0.2, -0.15) is 4.98 Å². The van der Waals surface area contributed by atoms with Gasteiger partial charge in [0.25, 0.3) is 5.56 Å². The molecule has 140 valence electrons. The number of aromatic nitrogens is 2. The van der Waals surface area contributed by atoms with Crippen molar-refractivity contribution in [2.24, 2.45) is 0 Å². The number of nitrogens with zero attached hydrogens (tertiary/aromatic N) is 2. The molecule has 2 bridgehead atoms. The molecular formula is C17H28N2O5Si. The van der Waals surface area contributed by atoms with Gasteiger partial charge in [0.2, 0.25) is 0 Å². The molecule has 0 radical (unpaired) electrons. The van der Waals surface area contributed by atoms with E-state index in [0.29, 0.717) is 0 Å². The molecule has 3 rings (SSSR count). The summed E-state index contributed by atoms with van der Waals surface area (Å²) < 4.78 is 26.3. The zero-order valence-corrected chi connectivity index (χ0v) is 17.0. The van der Waals surface area contributed by atoms with E-state index in [1.807, 2.05) is 6.92 Å². The Balaban J connectivity index is 1.99. The first-order chi connectivity index (χ1) is 11.5. The van der Waals surface area contributed by atoms with E-state index in [9.17, 15) is 4.79 Å². The first kappa shape index (κ1) is 18.6. The van der Waals surface area contributed by atoms with Gasteiger partial charge in [-0.1, -0.05) is 20.8 Å². The van der Waals surface area contributed by atoms with Crippen LogP contribution < -0.4 is 10.3 Å². The number of rotatable bonds is 3. The van der Waals surface area contributed by atoms with Crippen LogP contribution >= 0.6 is 0 Å². The van der Waals surface area contributed by atoms with Crippen molar-refractivity contribution in [3.8, 4) is 6.01 Å². The third-order valence-corrected chi connectivity index (χ3v) is 10.0. The van der Waals surface area contributed by atoms with E-state index in [4.69, 9.17) is 18.6 Å². The van der Waals surface area contributed by atoms with Gasteiger partial charge < -0.3 is 18.6 Å². The van der Waals surface area contributed by atoms with E-state index in [1.54, 1.807) is 17.9 Å². The zero-order valence-electron chi connectivity index (χ0n) is 16.0. The average molecular weight is 369 g/mol. The fraction of sp³-hybridized carbons (Fsp3) is 0.765. The highest BCUT2D eigenvalue weighted by Gasteiger charge is 2.55. The number of hydrogen-bond acceptors (Lipinski definition) is 6. The first-order valence-electron chi connectivity index (χ1n) is 8.67. The van der Waals surface area contributed by atoms with Gasteiger partial charge in [-0.15, -0.1) is 0 Å². The lowest BCUT2D eigenvalue weighted by atomic mass is 10.1. The fourth-order valence-corrected chi connectivity index (χ4v) is 4.38.